The number of aliphatic hydroxyl groups is 1. The molecule has 3 heterocycles. The first-order chi connectivity index (χ1) is 16.8. The number of benzene rings is 2. The van der Waals surface area contributed by atoms with Crippen molar-refractivity contribution in [3.8, 4) is 5.75 Å². The van der Waals surface area contributed by atoms with Crippen molar-refractivity contribution in [2.45, 2.75) is 13.2 Å². The number of rotatable bonds is 8. The van der Waals surface area contributed by atoms with Gasteiger partial charge in [0.2, 0.25) is 0 Å². The molecule has 0 unspecified atom stereocenters. The largest absolute Gasteiger partial charge is 0.487 e. The van der Waals surface area contributed by atoms with Gasteiger partial charge in [0, 0.05) is 28.9 Å². The first-order valence-corrected chi connectivity index (χ1v) is 11.0. The van der Waals surface area contributed by atoms with E-state index in [0.29, 0.717) is 12.4 Å². The standard InChI is InChI=1S/C28H24N4O2/c33-18-22-10-8-20(15-28(22)34-19-25-5-3-4-14-29-25)9-12-23-16-24(32-31-23)13-11-21-17-30-27-7-2-1-6-26(21)27/h1-17,30,33H,18-19H2,(H,31,32)/b12-9+,13-11+. The van der Waals surface area contributed by atoms with Crippen molar-refractivity contribution >= 4 is 35.2 Å². The second kappa shape index (κ2) is 10.0. The summed E-state index contributed by atoms with van der Waals surface area (Å²) in [7, 11) is 0. The van der Waals surface area contributed by atoms with Crippen molar-refractivity contribution in [3.05, 3.63) is 113 Å². The van der Waals surface area contributed by atoms with Gasteiger partial charge in [0.25, 0.3) is 0 Å². The molecule has 0 saturated heterocycles. The van der Waals surface area contributed by atoms with Gasteiger partial charge in [0.15, 0.2) is 0 Å². The number of aliphatic hydroxyl groups excluding tert-OH is 1. The molecule has 0 bridgehead atoms. The van der Waals surface area contributed by atoms with Crippen LogP contribution < -0.4 is 4.74 Å². The van der Waals surface area contributed by atoms with E-state index in [1.165, 1.54) is 5.39 Å². The highest BCUT2D eigenvalue weighted by atomic mass is 16.5. The fraction of sp³-hybridized carbons (Fsp3) is 0.0714. The van der Waals surface area contributed by atoms with Gasteiger partial charge in [-0.15, -0.1) is 0 Å². The fourth-order valence-corrected chi connectivity index (χ4v) is 3.69. The molecule has 0 saturated carbocycles. The van der Waals surface area contributed by atoms with Gasteiger partial charge in [-0.3, -0.25) is 10.1 Å². The molecule has 3 aromatic heterocycles. The van der Waals surface area contributed by atoms with E-state index >= 15 is 0 Å². The lowest BCUT2D eigenvalue weighted by atomic mass is 10.1. The molecule has 6 heteroatoms. The van der Waals surface area contributed by atoms with E-state index in [9.17, 15) is 5.11 Å². The molecule has 3 N–H and O–H groups in total. The predicted octanol–water partition coefficient (Wildman–Crippen LogP) is 5.70. The molecule has 0 aliphatic rings. The summed E-state index contributed by atoms with van der Waals surface area (Å²) < 4.78 is 5.92. The molecule has 34 heavy (non-hydrogen) atoms. The maximum absolute atomic E-state index is 9.66. The van der Waals surface area contributed by atoms with Gasteiger partial charge in [0.1, 0.15) is 12.4 Å². The topological polar surface area (TPSA) is 86.8 Å². The third kappa shape index (κ3) is 4.98. The van der Waals surface area contributed by atoms with Crippen LogP contribution in [-0.4, -0.2) is 25.3 Å². The molecule has 0 atom stereocenters. The van der Waals surface area contributed by atoms with Crippen molar-refractivity contribution < 1.29 is 9.84 Å². The van der Waals surface area contributed by atoms with Crippen LogP contribution in [0.1, 0.15) is 33.8 Å². The first kappa shape index (κ1) is 21.4. The van der Waals surface area contributed by atoms with Gasteiger partial charge in [0.05, 0.1) is 23.7 Å². The van der Waals surface area contributed by atoms with E-state index in [1.54, 1.807) is 6.20 Å². The number of H-pyrrole nitrogens is 2. The number of ether oxygens (including phenoxy) is 1. The smallest absolute Gasteiger partial charge is 0.130 e. The van der Waals surface area contributed by atoms with Crippen LogP contribution in [0.2, 0.25) is 0 Å². The predicted molar refractivity (Wildman–Crippen MR) is 136 cm³/mol. The van der Waals surface area contributed by atoms with Crippen LogP contribution in [0.25, 0.3) is 35.2 Å². The van der Waals surface area contributed by atoms with E-state index < -0.39 is 0 Å². The number of pyridine rings is 1. The zero-order valence-electron chi connectivity index (χ0n) is 18.5. The van der Waals surface area contributed by atoms with Gasteiger partial charge in [-0.05, 0) is 53.6 Å². The number of hydrogen-bond donors (Lipinski definition) is 3. The van der Waals surface area contributed by atoms with Crippen LogP contribution >= 0.6 is 0 Å². The van der Waals surface area contributed by atoms with Crippen LogP contribution in [0.3, 0.4) is 0 Å². The second-order valence-corrected chi connectivity index (χ2v) is 7.84. The Morgan fingerprint density at radius 1 is 0.912 bits per heavy atom. The summed E-state index contributed by atoms with van der Waals surface area (Å²) in [6.07, 6.45) is 11.7. The lowest BCUT2D eigenvalue weighted by molar-refractivity contribution is 0.257. The van der Waals surface area contributed by atoms with E-state index in [2.05, 4.69) is 38.4 Å². The van der Waals surface area contributed by atoms with Gasteiger partial charge in [-0.2, -0.15) is 5.10 Å². The highest BCUT2D eigenvalue weighted by Crippen LogP contribution is 2.23. The molecular weight excluding hydrogens is 424 g/mol. The minimum absolute atomic E-state index is 0.0902. The Bertz CT molecular complexity index is 1450. The SMILES string of the molecule is OCc1ccc(/C=C/c2cc(/C=C/c3c[nH]c4ccccc34)[nH]n2)cc1OCc1ccccn1. The van der Waals surface area contributed by atoms with E-state index in [4.69, 9.17) is 4.74 Å². The van der Waals surface area contributed by atoms with E-state index in [-0.39, 0.29) is 6.61 Å². The Kier molecular flexibility index (Phi) is 6.31. The van der Waals surface area contributed by atoms with Crippen molar-refractivity contribution in [1.29, 1.82) is 0 Å². The molecule has 2 aromatic carbocycles. The molecule has 0 fully saturated rings. The molecule has 0 amide bonds. The molecule has 0 spiro atoms. The highest BCUT2D eigenvalue weighted by molar-refractivity contribution is 5.91. The zero-order valence-corrected chi connectivity index (χ0v) is 18.5. The minimum Gasteiger partial charge on any atom is -0.487 e. The monoisotopic (exact) mass is 448 g/mol. The molecule has 0 aliphatic carbocycles. The average Bonchev–Trinajstić information content (AvgIpc) is 3.52. The van der Waals surface area contributed by atoms with Gasteiger partial charge >= 0.3 is 0 Å². The number of nitrogens with zero attached hydrogens (tertiary/aromatic N) is 2. The molecule has 0 radical (unpaired) electrons. The lowest BCUT2D eigenvalue weighted by Gasteiger charge is -2.10. The van der Waals surface area contributed by atoms with E-state index in [1.807, 2.05) is 79.0 Å². The lowest BCUT2D eigenvalue weighted by Crippen LogP contribution is -2.00. The third-order valence-electron chi connectivity index (χ3n) is 5.49. The molecule has 5 rings (SSSR count). The Hall–Kier alpha value is -4.42. The number of para-hydroxylation sites is 1. The number of aromatic amines is 2. The summed E-state index contributed by atoms with van der Waals surface area (Å²) in [5.41, 5.74) is 6.50. The Labute approximate surface area is 197 Å². The molecule has 0 aliphatic heterocycles. The van der Waals surface area contributed by atoms with Crippen molar-refractivity contribution in [1.82, 2.24) is 20.2 Å². The zero-order chi connectivity index (χ0) is 23.2. The summed E-state index contributed by atoms with van der Waals surface area (Å²) in [5, 5.41) is 18.3. The summed E-state index contributed by atoms with van der Waals surface area (Å²) in [6.45, 7) is 0.250. The maximum Gasteiger partial charge on any atom is 0.130 e. The highest BCUT2D eigenvalue weighted by Gasteiger charge is 2.05. The van der Waals surface area contributed by atoms with Gasteiger partial charge in [-0.25, -0.2) is 0 Å². The summed E-state index contributed by atoms with van der Waals surface area (Å²) in [6, 6.07) is 21.6. The van der Waals surface area contributed by atoms with Crippen LogP contribution in [0.4, 0.5) is 0 Å². The maximum atomic E-state index is 9.66. The number of aromatic nitrogens is 4. The van der Waals surface area contributed by atoms with Crippen LogP contribution in [-0.2, 0) is 13.2 Å². The molecule has 5 aromatic rings. The minimum atomic E-state index is -0.0902. The molecule has 168 valence electrons. The average molecular weight is 449 g/mol. The van der Waals surface area contributed by atoms with Crippen molar-refractivity contribution in [2.75, 3.05) is 0 Å². The third-order valence-corrected chi connectivity index (χ3v) is 5.49. The van der Waals surface area contributed by atoms with Gasteiger partial charge < -0.3 is 14.8 Å². The Balaban J connectivity index is 1.28. The molecular formula is C28H24N4O2. The summed E-state index contributed by atoms with van der Waals surface area (Å²) >= 11 is 0. The van der Waals surface area contributed by atoms with Crippen molar-refractivity contribution in [3.63, 3.8) is 0 Å². The van der Waals surface area contributed by atoms with Crippen LogP contribution in [0.15, 0.2) is 79.1 Å². The summed E-state index contributed by atoms with van der Waals surface area (Å²) in [4.78, 5) is 7.56. The normalized spacial score (nSPS) is 11.7. The second-order valence-electron chi connectivity index (χ2n) is 7.84. The van der Waals surface area contributed by atoms with Crippen LogP contribution in [0.5, 0.6) is 5.75 Å². The number of nitrogens with one attached hydrogen (secondary N) is 2. The van der Waals surface area contributed by atoms with Gasteiger partial charge in [-0.1, -0.05) is 48.6 Å². The first-order valence-electron chi connectivity index (χ1n) is 11.0. The molecule has 6 nitrogen and oxygen atoms in total. The van der Waals surface area contributed by atoms with E-state index in [0.717, 1.165) is 39.3 Å². The van der Waals surface area contributed by atoms with Crippen LogP contribution in [0, 0.1) is 0 Å². The number of fused-ring (bicyclic) bond motifs is 1. The Morgan fingerprint density at radius 3 is 2.71 bits per heavy atom. The quantitative estimate of drug-likeness (QED) is 0.284. The fourth-order valence-electron chi connectivity index (χ4n) is 3.69. The number of hydrogen-bond acceptors (Lipinski definition) is 4. The summed E-state index contributed by atoms with van der Waals surface area (Å²) in [5.74, 6) is 0.639. The van der Waals surface area contributed by atoms with Crippen molar-refractivity contribution in [2.24, 2.45) is 0 Å². The Morgan fingerprint density at radius 2 is 1.82 bits per heavy atom.